The molecule has 11 heavy (non-hydrogen) atoms. The zero-order chi connectivity index (χ0) is 8.48. The lowest BCUT2D eigenvalue weighted by molar-refractivity contribution is -0.332. The molecule has 2 N–H and O–H groups in total. The minimum atomic E-state index is -2.00. The fourth-order valence-corrected chi connectivity index (χ4v) is 1.38. The molecule has 1 saturated carbocycles. The Morgan fingerprint density at radius 1 is 1.55 bits per heavy atom. The number of aliphatic hydroxyl groups excluding tert-OH is 1. The van der Waals surface area contributed by atoms with E-state index in [-0.39, 0.29) is 6.42 Å². The summed E-state index contributed by atoms with van der Waals surface area (Å²) in [4.78, 5) is 10.4. The van der Waals surface area contributed by atoms with E-state index in [0.29, 0.717) is 12.8 Å². The molecule has 64 valence electrons. The maximum Gasteiger partial charge on any atom is 0.130 e. The van der Waals surface area contributed by atoms with E-state index in [2.05, 4.69) is 0 Å². The van der Waals surface area contributed by atoms with Gasteiger partial charge in [-0.25, -0.2) is 0 Å². The number of aliphatic carboxylic acids is 1. The van der Waals surface area contributed by atoms with Gasteiger partial charge in [0.25, 0.3) is 0 Å². The Hall–Kier alpha value is -0.610. The second kappa shape index (κ2) is 2.79. The zero-order valence-corrected chi connectivity index (χ0v) is 6.12. The first-order valence-electron chi connectivity index (χ1n) is 3.69. The minimum Gasteiger partial charge on any atom is -0.547 e. The fourth-order valence-electron chi connectivity index (χ4n) is 1.38. The van der Waals surface area contributed by atoms with Gasteiger partial charge in [0.1, 0.15) is 5.60 Å². The third kappa shape index (κ3) is 1.36. The molecular formula is C7H11O4-. The molecule has 1 fully saturated rings. The highest BCUT2D eigenvalue weighted by molar-refractivity contribution is 5.75. The normalized spacial score (nSPS) is 38.5. The highest BCUT2D eigenvalue weighted by Crippen LogP contribution is 2.27. The number of hydrogen-bond acceptors (Lipinski definition) is 4. The summed E-state index contributed by atoms with van der Waals surface area (Å²) in [6.45, 7) is 0. The van der Waals surface area contributed by atoms with Crippen LogP contribution < -0.4 is 5.11 Å². The van der Waals surface area contributed by atoms with Gasteiger partial charge in [0.2, 0.25) is 0 Å². The van der Waals surface area contributed by atoms with Crippen LogP contribution in [0, 0.1) is 0 Å². The maximum atomic E-state index is 10.4. The van der Waals surface area contributed by atoms with Crippen molar-refractivity contribution in [3.05, 3.63) is 0 Å². The summed E-state index contributed by atoms with van der Waals surface area (Å²) >= 11 is 0. The van der Waals surface area contributed by atoms with Crippen molar-refractivity contribution in [3.63, 3.8) is 0 Å². The smallest absolute Gasteiger partial charge is 0.130 e. The van der Waals surface area contributed by atoms with Crippen LogP contribution in [0.15, 0.2) is 0 Å². The minimum absolute atomic E-state index is 0.0938. The van der Waals surface area contributed by atoms with E-state index in [0.717, 1.165) is 6.42 Å². The number of carbonyl (C=O) groups excluding carboxylic acids is 1. The lowest BCUT2D eigenvalue weighted by Crippen LogP contribution is -2.57. The predicted molar refractivity (Wildman–Crippen MR) is 34.4 cm³/mol. The first kappa shape index (κ1) is 8.49. The van der Waals surface area contributed by atoms with Gasteiger partial charge < -0.3 is 20.1 Å². The summed E-state index contributed by atoms with van der Waals surface area (Å²) in [6, 6.07) is 0. The fraction of sp³-hybridized carbons (Fsp3) is 0.857. The summed E-state index contributed by atoms with van der Waals surface area (Å²) in [5, 5.41) is 28.8. The molecule has 2 unspecified atom stereocenters. The average molecular weight is 159 g/mol. The quantitative estimate of drug-likeness (QED) is 0.483. The van der Waals surface area contributed by atoms with Gasteiger partial charge >= 0.3 is 0 Å². The SMILES string of the molecule is O=C([O-])C1(O)CCCCC1O. The van der Waals surface area contributed by atoms with Crippen molar-refractivity contribution >= 4 is 5.97 Å². The standard InChI is InChI=1S/C7H12O4/c8-5-3-1-2-4-7(5,11)6(9)10/h5,8,11H,1-4H2,(H,9,10)/p-1. The van der Waals surface area contributed by atoms with Gasteiger partial charge in [-0.3, -0.25) is 0 Å². The Labute approximate surface area is 64.5 Å². The van der Waals surface area contributed by atoms with E-state index in [9.17, 15) is 15.0 Å². The lowest BCUT2D eigenvalue weighted by Gasteiger charge is -2.37. The van der Waals surface area contributed by atoms with Crippen LogP contribution >= 0.6 is 0 Å². The number of carboxylic acids is 1. The number of rotatable bonds is 1. The number of hydrogen-bond donors (Lipinski definition) is 2. The van der Waals surface area contributed by atoms with Crippen LogP contribution in [-0.4, -0.2) is 27.9 Å². The molecular weight excluding hydrogens is 148 g/mol. The van der Waals surface area contributed by atoms with Crippen LogP contribution in [0.1, 0.15) is 25.7 Å². The summed E-state index contributed by atoms with van der Waals surface area (Å²) in [5.74, 6) is -1.57. The highest BCUT2D eigenvalue weighted by atomic mass is 16.4. The van der Waals surface area contributed by atoms with Crippen molar-refractivity contribution in [1.82, 2.24) is 0 Å². The Morgan fingerprint density at radius 3 is 2.55 bits per heavy atom. The first-order valence-corrected chi connectivity index (χ1v) is 3.69. The highest BCUT2D eigenvalue weighted by Gasteiger charge is 2.39. The molecule has 0 aromatic heterocycles. The predicted octanol–water partition coefficient (Wildman–Crippen LogP) is -1.60. The summed E-state index contributed by atoms with van der Waals surface area (Å²) in [7, 11) is 0. The van der Waals surface area contributed by atoms with Crippen LogP contribution in [0.5, 0.6) is 0 Å². The van der Waals surface area contributed by atoms with Crippen LogP contribution in [-0.2, 0) is 4.79 Å². The Balaban J connectivity index is 2.72. The van der Waals surface area contributed by atoms with E-state index in [1.807, 2.05) is 0 Å². The molecule has 0 amide bonds. The van der Waals surface area contributed by atoms with Crippen molar-refractivity contribution in [2.45, 2.75) is 37.4 Å². The van der Waals surface area contributed by atoms with Crippen LogP contribution in [0.4, 0.5) is 0 Å². The van der Waals surface area contributed by atoms with Gasteiger partial charge in [-0.2, -0.15) is 0 Å². The summed E-state index contributed by atoms with van der Waals surface area (Å²) in [5.41, 5.74) is -2.00. The zero-order valence-electron chi connectivity index (χ0n) is 6.12. The van der Waals surface area contributed by atoms with E-state index < -0.39 is 17.7 Å². The van der Waals surface area contributed by atoms with Crippen LogP contribution in [0.25, 0.3) is 0 Å². The van der Waals surface area contributed by atoms with Crippen LogP contribution in [0.2, 0.25) is 0 Å². The first-order chi connectivity index (χ1) is 5.07. The largest absolute Gasteiger partial charge is 0.547 e. The molecule has 0 aromatic carbocycles. The van der Waals surface area contributed by atoms with Gasteiger partial charge in [-0.05, 0) is 19.3 Å². The van der Waals surface area contributed by atoms with Crippen molar-refractivity contribution in [3.8, 4) is 0 Å². The molecule has 0 aromatic rings. The molecule has 1 aliphatic carbocycles. The molecule has 0 radical (unpaired) electrons. The third-order valence-corrected chi connectivity index (χ3v) is 2.19. The molecule has 0 spiro atoms. The molecule has 4 nitrogen and oxygen atoms in total. The molecule has 4 heteroatoms. The molecule has 1 aliphatic rings. The van der Waals surface area contributed by atoms with Crippen molar-refractivity contribution in [2.24, 2.45) is 0 Å². The van der Waals surface area contributed by atoms with E-state index in [4.69, 9.17) is 5.11 Å². The van der Waals surface area contributed by atoms with Crippen LogP contribution in [0.3, 0.4) is 0 Å². The summed E-state index contributed by atoms with van der Waals surface area (Å²) < 4.78 is 0. The Kier molecular flexibility index (Phi) is 2.15. The molecule has 1 rings (SSSR count). The second-order valence-corrected chi connectivity index (χ2v) is 2.97. The number of carbonyl (C=O) groups is 1. The van der Waals surface area contributed by atoms with E-state index >= 15 is 0 Å². The average Bonchev–Trinajstić information content (AvgIpc) is 1.95. The number of carboxylic acid groups (broad SMARTS) is 1. The number of aliphatic hydroxyl groups is 2. The maximum absolute atomic E-state index is 10.4. The third-order valence-electron chi connectivity index (χ3n) is 2.19. The molecule has 0 bridgehead atoms. The molecule has 0 heterocycles. The Morgan fingerprint density at radius 2 is 2.18 bits per heavy atom. The summed E-state index contributed by atoms with van der Waals surface area (Å²) in [6.07, 6.45) is 0.653. The second-order valence-electron chi connectivity index (χ2n) is 2.97. The van der Waals surface area contributed by atoms with Gasteiger partial charge in [-0.15, -0.1) is 0 Å². The van der Waals surface area contributed by atoms with Gasteiger partial charge in [0.05, 0.1) is 12.1 Å². The Bertz CT molecular complexity index is 168. The van der Waals surface area contributed by atoms with Gasteiger partial charge in [0.15, 0.2) is 0 Å². The lowest BCUT2D eigenvalue weighted by atomic mass is 9.82. The van der Waals surface area contributed by atoms with Gasteiger partial charge in [0, 0.05) is 0 Å². The van der Waals surface area contributed by atoms with Crippen molar-refractivity contribution < 1.29 is 20.1 Å². The van der Waals surface area contributed by atoms with E-state index in [1.165, 1.54) is 0 Å². The van der Waals surface area contributed by atoms with Crippen molar-refractivity contribution in [2.75, 3.05) is 0 Å². The van der Waals surface area contributed by atoms with E-state index in [1.54, 1.807) is 0 Å². The topological polar surface area (TPSA) is 80.6 Å². The molecule has 0 aliphatic heterocycles. The van der Waals surface area contributed by atoms with Gasteiger partial charge in [-0.1, -0.05) is 6.42 Å². The molecule has 2 atom stereocenters. The van der Waals surface area contributed by atoms with Crippen molar-refractivity contribution in [1.29, 1.82) is 0 Å². The monoisotopic (exact) mass is 159 g/mol. The molecule has 0 saturated heterocycles.